The van der Waals surface area contributed by atoms with Gasteiger partial charge in [-0.25, -0.2) is 0 Å². The number of likely N-dealkylation sites (N-methyl/N-ethyl adjacent to an activating group) is 1. The molecule has 0 bridgehead atoms. The first-order chi connectivity index (χ1) is 12.1. The second-order valence-electron chi connectivity index (χ2n) is 5.66. The van der Waals surface area contributed by atoms with Gasteiger partial charge in [0.2, 0.25) is 5.91 Å². The van der Waals surface area contributed by atoms with Gasteiger partial charge in [-0.05, 0) is 11.6 Å². The summed E-state index contributed by atoms with van der Waals surface area (Å²) in [6, 6.07) is 17.3. The molecule has 0 saturated carbocycles. The fourth-order valence-electron chi connectivity index (χ4n) is 2.48. The summed E-state index contributed by atoms with van der Waals surface area (Å²) < 4.78 is 0.949. The molecule has 4 nitrogen and oxygen atoms in total. The first-order valence-corrected chi connectivity index (χ1v) is 8.99. The van der Waals surface area contributed by atoms with Crippen LogP contribution in [0.5, 0.6) is 0 Å². The van der Waals surface area contributed by atoms with Gasteiger partial charge in [-0.15, -0.1) is 11.3 Å². The summed E-state index contributed by atoms with van der Waals surface area (Å²) in [4.78, 5) is 26.6. The Labute approximate surface area is 155 Å². The molecule has 0 unspecified atom stereocenters. The van der Waals surface area contributed by atoms with Crippen LogP contribution >= 0.6 is 22.9 Å². The zero-order chi connectivity index (χ0) is 17.8. The summed E-state index contributed by atoms with van der Waals surface area (Å²) in [5.41, 5.74) is 1.04. The number of hydrogen-bond acceptors (Lipinski definition) is 3. The van der Waals surface area contributed by atoms with E-state index in [4.69, 9.17) is 11.6 Å². The summed E-state index contributed by atoms with van der Waals surface area (Å²) >= 11 is 7.62. The summed E-state index contributed by atoms with van der Waals surface area (Å²) in [7, 11) is 1.72. The van der Waals surface area contributed by atoms with E-state index < -0.39 is 0 Å². The van der Waals surface area contributed by atoms with Gasteiger partial charge in [0.15, 0.2) is 0 Å². The number of nitrogens with one attached hydrogen (secondary N) is 1. The quantitative estimate of drug-likeness (QED) is 0.737. The highest BCUT2D eigenvalue weighted by Crippen LogP contribution is 2.34. The van der Waals surface area contributed by atoms with Gasteiger partial charge in [0.1, 0.15) is 4.88 Å². The molecule has 128 valence electrons. The Hall–Kier alpha value is -2.37. The lowest BCUT2D eigenvalue weighted by Crippen LogP contribution is -2.37. The Morgan fingerprint density at radius 3 is 2.48 bits per heavy atom. The molecule has 25 heavy (non-hydrogen) atoms. The number of fused-ring (bicyclic) bond motifs is 1. The molecule has 2 amide bonds. The number of thiophene rings is 1. The van der Waals surface area contributed by atoms with Crippen molar-refractivity contribution in [1.29, 1.82) is 0 Å². The van der Waals surface area contributed by atoms with Crippen LogP contribution in [0.1, 0.15) is 15.2 Å². The second kappa shape index (κ2) is 7.68. The number of benzene rings is 2. The van der Waals surface area contributed by atoms with E-state index in [1.165, 1.54) is 11.3 Å². The SMILES string of the molecule is CN(Cc1ccccc1)C(=O)CNC(=O)c1sc2ccccc2c1Cl. The standard InChI is InChI=1S/C19H17ClN2O2S/c1-22(12-13-7-3-2-4-8-13)16(23)11-21-19(24)18-17(20)14-9-5-6-10-15(14)25-18/h2-10H,11-12H2,1H3,(H,21,24). The summed E-state index contributed by atoms with van der Waals surface area (Å²) in [6.07, 6.45) is 0. The van der Waals surface area contributed by atoms with Crippen molar-refractivity contribution < 1.29 is 9.59 Å². The Morgan fingerprint density at radius 2 is 1.76 bits per heavy atom. The number of halogens is 1. The van der Waals surface area contributed by atoms with Crippen LogP contribution in [0.25, 0.3) is 10.1 Å². The highest BCUT2D eigenvalue weighted by Gasteiger charge is 2.18. The highest BCUT2D eigenvalue weighted by molar-refractivity contribution is 7.21. The van der Waals surface area contributed by atoms with Gasteiger partial charge >= 0.3 is 0 Å². The number of carbonyl (C=O) groups excluding carboxylic acids is 2. The minimum Gasteiger partial charge on any atom is -0.342 e. The van der Waals surface area contributed by atoms with Crippen molar-refractivity contribution in [3.05, 3.63) is 70.1 Å². The summed E-state index contributed by atoms with van der Waals surface area (Å²) in [5.74, 6) is -0.484. The molecule has 3 aromatic rings. The van der Waals surface area contributed by atoms with Crippen molar-refractivity contribution in [2.45, 2.75) is 6.54 Å². The maximum Gasteiger partial charge on any atom is 0.263 e. The predicted molar refractivity (Wildman–Crippen MR) is 102 cm³/mol. The predicted octanol–water partition coefficient (Wildman–Crippen LogP) is 3.94. The molecule has 0 aliphatic rings. The molecular formula is C19H17ClN2O2S. The maximum atomic E-state index is 12.4. The molecule has 2 aromatic carbocycles. The zero-order valence-corrected chi connectivity index (χ0v) is 15.2. The van der Waals surface area contributed by atoms with E-state index in [2.05, 4.69) is 5.32 Å². The molecule has 0 spiro atoms. The van der Waals surface area contributed by atoms with E-state index in [0.29, 0.717) is 16.4 Å². The topological polar surface area (TPSA) is 49.4 Å². The molecule has 0 saturated heterocycles. The van der Waals surface area contributed by atoms with Gasteiger partial charge in [0, 0.05) is 23.7 Å². The fourth-order valence-corrected chi connectivity index (χ4v) is 3.91. The van der Waals surface area contributed by atoms with Crippen LogP contribution in [0.2, 0.25) is 5.02 Å². The third-order valence-corrected chi connectivity index (χ3v) is 5.50. The summed E-state index contributed by atoms with van der Waals surface area (Å²) in [6.45, 7) is 0.436. The van der Waals surface area contributed by atoms with Crippen LogP contribution in [-0.4, -0.2) is 30.3 Å². The van der Waals surface area contributed by atoms with Crippen molar-refractivity contribution in [3.63, 3.8) is 0 Å². The molecule has 1 heterocycles. The minimum atomic E-state index is -0.326. The Morgan fingerprint density at radius 1 is 1.08 bits per heavy atom. The first-order valence-electron chi connectivity index (χ1n) is 7.79. The van der Waals surface area contributed by atoms with Gasteiger partial charge in [0.25, 0.3) is 5.91 Å². The average Bonchev–Trinajstić information content (AvgIpc) is 2.97. The van der Waals surface area contributed by atoms with Crippen LogP contribution in [0.3, 0.4) is 0 Å². The number of nitrogens with zero attached hydrogens (tertiary/aromatic N) is 1. The molecule has 3 rings (SSSR count). The third kappa shape index (κ3) is 4.00. The van der Waals surface area contributed by atoms with Crippen LogP contribution in [0, 0.1) is 0 Å². The number of carbonyl (C=O) groups is 2. The molecule has 0 radical (unpaired) electrons. The highest BCUT2D eigenvalue weighted by atomic mass is 35.5. The molecule has 0 aliphatic carbocycles. The molecule has 0 fully saturated rings. The van der Waals surface area contributed by atoms with Gasteiger partial charge in [0.05, 0.1) is 11.6 Å². The Bertz CT molecular complexity index is 908. The molecular weight excluding hydrogens is 356 g/mol. The van der Waals surface area contributed by atoms with E-state index >= 15 is 0 Å². The van der Waals surface area contributed by atoms with Crippen LogP contribution in [0.15, 0.2) is 54.6 Å². The third-order valence-electron chi connectivity index (χ3n) is 3.83. The van der Waals surface area contributed by atoms with Gasteiger partial charge < -0.3 is 10.2 Å². The lowest BCUT2D eigenvalue weighted by atomic mass is 10.2. The van der Waals surface area contributed by atoms with Gasteiger partial charge in [-0.2, -0.15) is 0 Å². The van der Waals surface area contributed by atoms with Crippen molar-refractivity contribution in [2.24, 2.45) is 0 Å². The lowest BCUT2D eigenvalue weighted by Gasteiger charge is -2.17. The molecule has 0 atom stereocenters. The van der Waals surface area contributed by atoms with E-state index in [1.54, 1.807) is 11.9 Å². The number of hydrogen-bond donors (Lipinski definition) is 1. The molecule has 1 N–H and O–H groups in total. The monoisotopic (exact) mass is 372 g/mol. The van der Waals surface area contributed by atoms with Gasteiger partial charge in [-0.3, -0.25) is 9.59 Å². The second-order valence-corrected chi connectivity index (χ2v) is 7.09. The normalized spacial score (nSPS) is 10.6. The summed E-state index contributed by atoms with van der Waals surface area (Å²) in [5, 5.41) is 3.95. The molecule has 1 aromatic heterocycles. The Balaban J connectivity index is 1.61. The van der Waals surface area contributed by atoms with Crippen molar-refractivity contribution in [3.8, 4) is 0 Å². The van der Waals surface area contributed by atoms with E-state index in [9.17, 15) is 9.59 Å². The smallest absolute Gasteiger partial charge is 0.263 e. The van der Waals surface area contributed by atoms with Crippen molar-refractivity contribution >= 4 is 44.8 Å². The van der Waals surface area contributed by atoms with E-state index in [-0.39, 0.29) is 18.4 Å². The number of amides is 2. The first kappa shape index (κ1) is 17.5. The Kier molecular flexibility index (Phi) is 5.36. The molecule has 0 aliphatic heterocycles. The largest absolute Gasteiger partial charge is 0.342 e. The van der Waals surface area contributed by atoms with Crippen molar-refractivity contribution in [2.75, 3.05) is 13.6 Å². The minimum absolute atomic E-state index is 0.0628. The fraction of sp³-hybridized carbons (Fsp3) is 0.158. The van der Waals surface area contributed by atoms with Crippen molar-refractivity contribution in [1.82, 2.24) is 10.2 Å². The van der Waals surface area contributed by atoms with Gasteiger partial charge in [-0.1, -0.05) is 60.1 Å². The van der Waals surface area contributed by atoms with E-state index in [1.807, 2.05) is 54.6 Å². The number of rotatable bonds is 5. The maximum absolute atomic E-state index is 12.4. The van der Waals surface area contributed by atoms with Crippen LogP contribution in [0.4, 0.5) is 0 Å². The van der Waals surface area contributed by atoms with E-state index in [0.717, 1.165) is 15.6 Å². The van der Waals surface area contributed by atoms with Crippen LogP contribution < -0.4 is 5.32 Å². The average molecular weight is 373 g/mol. The zero-order valence-electron chi connectivity index (χ0n) is 13.7. The molecule has 6 heteroatoms. The van der Waals surface area contributed by atoms with Crippen LogP contribution in [-0.2, 0) is 11.3 Å². The lowest BCUT2D eigenvalue weighted by molar-refractivity contribution is -0.129.